The van der Waals surface area contributed by atoms with E-state index in [0.717, 1.165) is 6.42 Å². The van der Waals surface area contributed by atoms with Gasteiger partial charge in [0, 0.05) is 5.92 Å². The average Bonchev–Trinajstić information content (AvgIpc) is 2.09. The Bertz CT molecular complexity index is 269. The third kappa shape index (κ3) is 2.27. The third-order valence-electron chi connectivity index (χ3n) is 3.38. The summed E-state index contributed by atoms with van der Waals surface area (Å²) in [4.78, 5) is 0. The molecule has 0 aromatic carbocycles. The molecule has 0 aliphatic heterocycles. The van der Waals surface area contributed by atoms with Crippen molar-refractivity contribution in [3.63, 3.8) is 0 Å². The summed E-state index contributed by atoms with van der Waals surface area (Å²) in [6.07, 6.45) is 2.90. The van der Waals surface area contributed by atoms with Gasteiger partial charge in [-0.3, -0.25) is 0 Å². The van der Waals surface area contributed by atoms with E-state index in [4.69, 9.17) is 0 Å². The van der Waals surface area contributed by atoms with Gasteiger partial charge in [-0.15, -0.1) is 0 Å². The van der Waals surface area contributed by atoms with Gasteiger partial charge in [0.25, 0.3) is 0 Å². The van der Waals surface area contributed by atoms with E-state index in [0.29, 0.717) is 5.92 Å². The van der Waals surface area contributed by atoms with Crippen molar-refractivity contribution in [2.75, 3.05) is 0 Å². The number of aliphatic hydroxyl groups is 1. The SMILES string of the molecule is CC(C)=CC1C(C)=C(C)C(C)CC1O. The number of hydrogen-bond donors (Lipinski definition) is 1. The molecule has 1 heteroatoms. The molecular weight excluding hydrogens is 172 g/mol. The molecule has 0 saturated carbocycles. The molecule has 0 aromatic heterocycles. The van der Waals surface area contributed by atoms with Crippen LogP contribution < -0.4 is 0 Å². The van der Waals surface area contributed by atoms with E-state index in [2.05, 4.69) is 40.7 Å². The highest BCUT2D eigenvalue weighted by Gasteiger charge is 2.28. The van der Waals surface area contributed by atoms with Gasteiger partial charge in [-0.2, -0.15) is 0 Å². The van der Waals surface area contributed by atoms with Crippen LogP contribution in [0.4, 0.5) is 0 Å². The van der Waals surface area contributed by atoms with E-state index in [1.165, 1.54) is 16.7 Å². The maximum absolute atomic E-state index is 10.00. The minimum absolute atomic E-state index is 0.191. The summed E-state index contributed by atoms with van der Waals surface area (Å²) < 4.78 is 0. The molecule has 1 nitrogen and oxygen atoms in total. The summed E-state index contributed by atoms with van der Waals surface area (Å²) >= 11 is 0. The van der Waals surface area contributed by atoms with E-state index >= 15 is 0 Å². The number of aliphatic hydroxyl groups excluding tert-OH is 1. The van der Waals surface area contributed by atoms with Crippen LogP contribution in [0.3, 0.4) is 0 Å². The van der Waals surface area contributed by atoms with Gasteiger partial charge in [-0.1, -0.05) is 29.7 Å². The van der Waals surface area contributed by atoms with Crippen molar-refractivity contribution in [2.24, 2.45) is 11.8 Å². The standard InChI is InChI=1S/C13H22O/c1-8(2)6-12-11(5)10(4)9(3)7-13(12)14/h6,9,12-14H,7H2,1-5H3. The maximum atomic E-state index is 10.00. The van der Waals surface area contributed by atoms with Crippen LogP contribution in [0.15, 0.2) is 22.8 Å². The molecular formula is C13H22O. The van der Waals surface area contributed by atoms with E-state index in [-0.39, 0.29) is 12.0 Å². The highest BCUT2D eigenvalue weighted by atomic mass is 16.3. The lowest BCUT2D eigenvalue weighted by atomic mass is 9.76. The molecule has 0 spiro atoms. The van der Waals surface area contributed by atoms with Gasteiger partial charge in [0.2, 0.25) is 0 Å². The second kappa shape index (κ2) is 4.31. The van der Waals surface area contributed by atoms with Crippen LogP contribution in [0.1, 0.15) is 41.0 Å². The Labute approximate surface area is 87.5 Å². The Hall–Kier alpha value is -0.560. The molecule has 1 aliphatic rings. The first-order valence-corrected chi connectivity index (χ1v) is 5.43. The zero-order valence-electron chi connectivity index (χ0n) is 9.96. The summed E-state index contributed by atoms with van der Waals surface area (Å²) in [5.41, 5.74) is 4.10. The van der Waals surface area contributed by atoms with E-state index in [9.17, 15) is 5.11 Å². The van der Waals surface area contributed by atoms with Crippen molar-refractivity contribution in [2.45, 2.75) is 47.1 Å². The Balaban J connectivity index is 3.00. The van der Waals surface area contributed by atoms with Gasteiger partial charge in [-0.25, -0.2) is 0 Å². The van der Waals surface area contributed by atoms with Crippen LogP contribution in [0.5, 0.6) is 0 Å². The number of rotatable bonds is 1. The normalized spacial score (nSPS) is 33.1. The topological polar surface area (TPSA) is 20.2 Å². The van der Waals surface area contributed by atoms with Gasteiger partial charge in [0.15, 0.2) is 0 Å². The molecule has 80 valence electrons. The van der Waals surface area contributed by atoms with Crippen LogP contribution in [0.25, 0.3) is 0 Å². The molecule has 3 atom stereocenters. The van der Waals surface area contributed by atoms with Crippen molar-refractivity contribution in [1.82, 2.24) is 0 Å². The average molecular weight is 194 g/mol. The Kier molecular flexibility index (Phi) is 3.54. The van der Waals surface area contributed by atoms with Gasteiger partial charge in [0.05, 0.1) is 6.10 Å². The second-order valence-electron chi connectivity index (χ2n) is 4.84. The maximum Gasteiger partial charge on any atom is 0.0645 e. The van der Waals surface area contributed by atoms with Crippen LogP contribution in [0, 0.1) is 11.8 Å². The lowest BCUT2D eigenvalue weighted by molar-refractivity contribution is 0.112. The van der Waals surface area contributed by atoms with E-state index in [1.807, 2.05) is 0 Å². The zero-order chi connectivity index (χ0) is 10.9. The minimum Gasteiger partial charge on any atom is -0.392 e. The zero-order valence-corrected chi connectivity index (χ0v) is 9.96. The molecule has 0 heterocycles. The fourth-order valence-corrected chi connectivity index (χ4v) is 2.22. The lowest BCUT2D eigenvalue weighted by Gasteiger charge is -2.32. The fraction of sp³-hybridized carbons (Fsp3) is 0.692. The van der Waals surface area contributed by atoms with Crippen molar-refractivity contribution in [3.05, 3.63) is 22.8 Å². The first-order valence-electron chi connectivity index (χ1n) is 5.43. The van der Waals surface area contributed by atoms with E-state index in [1.54, 1.807) is 0 Å². The Morgan fingerprint density at radius 1 is 1.29 bits per heavy atom. The fourth-order valence-electron chi connectivity index (χ4n) is 2.22. The molecule has 1 rings (SSSR count). The molecule has 0 bridgehead atoms. The first kappa shape index (κ1) is 11.5. The highest BCUT2D eigenvalue weighted by molar-refractivity contribution is 5.25. The number of hydrogen-bond acceptors (Lipinski definition) is 1. The molecule has 14 heavy (non-hydrogen) atoms. The third-order valence-corrected chi connectivity index (χ3v) is 3.38. The molecule has 1 N–H and O–H groups in total. The number of allylic oxidation sites excluding steroid dienone is 2. The predicted octanol–water partition coefficient (Wildman–Crippen LogP) is 3.31. The van der Waals surface area contributed by atoms with Gasteiger partial charge < -0.3 is 5.11 Å². The summed E-state index contributed by atoms with van der Waals surface area (Å²) in [7, 11) is 0. The molecule has 0 aromatic rings. The van der Waals surface area contributed by atoms with Crippen molar-refractivity contribution in [3.8, 4) is 0 Å². The predicted molar refractivity (Wildman–Crippen MR) is 61.1 cm³/mol. The first-order chi connectivity index (χ1) is 6.43. The van der Waals surface area contributed by atoms with Crippen molar-refractivity contribution in [1.29, 1.82) is 0 Å². The molecule has 0 saturated heterocycles. The van der Waals surface area contributed by atoms with Crippen LogP contribution in [-0.4, -0.2) is 11.2 Å². The molecule has 0 fully saturated rings. The van der Waals surface area contributed by atoms with Crippen molar-refractivity contribution >= 4 is 0 Å². The van der Waals surface area contributed by atoms with Crippen LogP contribution >= 0.6 is 0 Å². The monoisotopic (exact) mass is 194 g/mol. The van der Waals surface area contributed by atoms with Crippen LogP contribution in [-0.2, 0) is 0 Å². The van der Waals surface area contributed by atoms with Crippen molar-refractivity contribution < 1.29 is 5.11 Å². The summed E-state index contributed by atoms with van der Waals surface area (Å²) in [6, 6.07) is 0. The molecule has 3 unspecified atom stereocenters. The van der Waals surface area contributed by atoms with Gasteiger partial charge in [-0.05, 0) is 40.0 Å². The van der Waals surface area contributed by atoms with Crippen LogP contribution in [0.2, 0.25) is 0 Å². The second-order valence-corrected chi connectivity index (χ2v) is 4.84. The van der Waals surface area contributed by atoms with Gasteiger partial charge >= 0.3 is 0 Å². The lowest BCUT2D eigenvalue weighted by Crippen LogP contribution is -2.28. The largest absolute Gasteiger partial charge is 0.392 e. The summed E-state index contributed by atoms with van der Waals surface area (Å²) in [5.74, 6) is 0.781. The summed E-state index contributed by atoms with van der Waals surface area (Å²) in [5, 5.41) is 10.00. The highest BCUT2D eigenvalue weighted by Crippen LogP contribution is 2.35. The Morgan fingerprint density at radius 3 is 2.36 bits per heavy atom. The minimum atomic E-state index is -0.191. The molecule has 0 amide bonds. The molecule has 0 radical (unpaired) electrons. The van der Waals surface area contributed by atoms with Gasteiger partial charge in [0.1, 0.15) is 0 Å². The Morgan fingerprint density at radius 2 is 1.86 bits per heavy atom. The van der Waals surface area contributed by atoms with E-state index < -0.39 is 0 Å². The summed E-state index contributed by atoms with van der Waals surface area (Å²) in [6.45, 7) is 10.7. The molecule has 1 aliphatic carbocycles. The quantitative estimate of drug-likeness (QED) is 0.635. The smallest absolute Gasteiger partial charge is 0.0645 e.